The summed E-state index contributed by atoms with van der Waals surface area (Å²) >= 11 is 0. The lowest BCUT2D eigenvalue weighted by molar-refractivity contribution is -0.125. The molecule has 2 N–H and O–H groups in total. The first-order valence-electron chi connectivity index (χ1n) is 9.43. The number of aliphatic hydroxyl groups is 1. The second-order valence-corrected chi connectivity index (χ2v) is 10.9. The van der Waals surface area contributed by atoms with Crippen LogP contribution in [-0.2, 0) is 28.2 Å². The normalized spacial score (nSPS) is 26.6. The highest BCUT2D eigenvalue weighted by Gasteiger charge is 2.52. The van der Waals surface area contributed by atoms with Crippen LogP contribution >= 0.6 is 7.14 Å². The van der Waals surface area contributed by atoms with Crippen LogP contribution in [0.25, 0.3) is 0 Å². The van der Waals surface area contributed by atoms with Crippen LogP contribution in [0.4, 0.5) is 0 Å². The molecule has 1 aromatic heterocycles. The number of rotatable bonds is 10. The third-order valence-electron chi connectivity index (χ3n) is 5.00. The minimum atomic E-state index is -2.80. The lowest BCUT2D eigenvalue weighted by Crippen LogP contribution is -2.47. The highest BCUT2D eigenvalue weighted by Crippen LogP contribution is 2.48. The highest BCUT2D eigenvalue weighted by atomic mass is 31.2. The van der Waals surface area contributed by atoms with E-state index in [1.54, 1.807) is 20.3 Å². The summed E-state index contributed by atoms with van der Waals surface area (Å²) in [7, 11) is 1.50. The maximum absolute atomic E-state index is 12.7. The number of hydrogen-bond donors (Lipinski definition) is 2. The first-order valence-corrected chi connectivity index (χ1v) is 12.1. The predicted octanol–water partition coefficient (Wildman–Crippen LogP) is -0.255. The first-order chi connectivity index (χ1) is 14.1. The van der Waals surface area contributed by atoms with Gasteiger partial charge in [0, 0.05) is 33.1 Å². The molecule has 6 atom stereocenters. The molecule has 0 unspecified atom stereocenters. The van der Waals surface area contributed by atoms with Gasteiger partial charge in [0.25, 0.3) is 5.56 Å². The van der Waals surface area contributed by atoms with Crippen LogP contribution in [0.2, 0.25) is 0 Å². The summed E-state index contributed by atoms with van der Waals surface area (Å²) in [5.41, 5.74) is -0.940. The Morgan fingerprint density at radius 2 is 1.90 bits per heavy atom. The van der Waals surface area contributed by atoms with Gasteiger partial charge < -0.3 is 33.4 Å². The van der Waals surface area contributed by atoms with Crippen molar-refractivity contribution in [1.29, 1.82) is 0 Å². The number of hydrogen-bond acceptors (Lipinski definition) is 9. The SMILES string of the molecule is COCCO[C@@H]1[C@H](O)[C@@H]([C@H](OC)[C@@H](OC)P(C)(C)=O)O[C@H]1n1cc(C)c(=O)[nH]c1=O. The van der Waals surface area contributed by atoms with Crippen LogP contribution in [-0.4, -0.2) is 92.8 Å². The molecule has 0 aromatic carbocycles. The van der Waals surface area contributed by atoms with Crippen molar-refractivity contribution in [2.45, 2.75) is 43.4 Å². The molecule has 30 heavy (non-hydrogen) atoms. The Morgan fingerprint density at radius 1 is 1.23 bits per heavy atom. The molecule has 0 spiro atoms. The zero-order valence-electron chi connectivity index (χ0n) is 18.1. The summed E-state index contributed by atoms with van der Waals surface area (Å²) in [4.78, 5) is 26.4. The van der Waals surface area contributed by atoms with Crippen molar-refractivity contribution in [2.75, 3.05) is 47.9 Å². The fraction of sp³-hybridized carbons (Fsp3) is 0.778. The van der Waals surface area contributed by atoms with E-state index in [9.17, 15) is 19.3 Å². The second kappa shape index (κ2) is 10.3. The van der Waals surface area contributed by atoms with Gasteiger partial charge in [-0.05, 0) is 20.3 Å². The van der Waals surface area contributed by atoms with Gasteiger partial charge in [0.05, 0.1) is 13.2 Å². The molecule has 172 valence electrons. The Kier molecular flexibility index (Phi) is 8.58. The van der Waals surface area contributed by atoms with Gasteiger partial charge in [-0.1, -0.05) is 0 Å². The van der Waals surface area contributed by atoms with E-state index < -0.39 is 54.9 Å². The van der Waals surface area contributed by atoms with Gasteiger partial charge in [0.1, 0.15) is 37.4 Å². The molecule has 11 nitrogen and oxygen atoms in total. The van der Waals surface area contributed by atoms with Crippen LogP contribution in [0.15, 0.2) is 15.8 Å². The third-order valence-corrected chi connectivity index (χ3v) is 6.73. The molecule has 1 saturated heterocycles. The summed E-state index contributed by atoms with van der Waals surface area (Å²) in [6.45, 7) is 5.03. The molecule has 2 rings (SSSR count). The molecule has 1 fully saturated rings. The van der Waals surface area contributed by atoms with Gasteiger partial charge >= 0.3 is 5.69 Å². The largest absolute Gasteiger partial charge is 0.387 e. The lowest BCUT2D eigenvalue weighted by Gasteiger charge is -2.32. The van der Waals surface area contributed by atoms with Gasteiger partial charge in [-0.3, -0.25) is 14.3 Å². The zero-order valence-corrected chi connectivity index (χ0v) is 19.0. The summed E-state index contributed by atoms with van der Waals surface area (Å²) in [6, 6.07) is 0. The van der Waals surface area contributed by atoms with Gasteiger partial charge in [0.15, 0.2) is 6.23 Å². The molecule has 1 aromatic rings. The smallest absolute Gasteiger partial charge is 0.330 e. The van der Waals surface area contributed by atoms with Crippen LogP contribution in [0.1, 0.15) is 11.8 Å². The molecule has 0 bridgehead atoms. The van der Waals surface area contributed by atoms with E-state index in [-0.39, 0.29) is 18.8 Å². The number of ether oxygens (including phenoxy) is 5. The quantitative estimate of drug-likeness (QED) is 0.365. The number of nitrogens with zero attached hydrogens (tertiary/aromatic N) is 1. The van der Waals surface area contributed by atoms with E-state index in [0.29, 0.717) is 0 Å². The van der Waals surface area contributed by atoms with Crippen LogP contribution in [0, 0.1) is 6.92 Å². The average Bonchev–Trinajstić information content (AvgIpc) is 2.98. The number of aryl methyl sites for hydroxylation is 1. The minimum Gasteiger partial charge on any atom is -0.387 e. The fourth-order valence-corrected chi connectivity index (χ4v) is 5.06. The van der Waals surface area contributed by atoms with Crippen molar-refractivity contribution in [3.63, 3.8) is 0 Å². The minimum absolute atomic E-state index is 0.132. The number of aliphatic hydroxyl groups excluding tert-OH is 1. The number of aromatic amines is 1. The van der Waals surface area contributed by atoms with Crippen LogP contribution in [0.3, 0.4) is 0 Å². The third kappa shape index (κ3) is 5.28. The number of aromatic nitrogens is 2. The lowest BCUT2D eigenvalue weighted by atomic mass is 10.1. The predicted molar refractivity (Wildman–Crippen MR) is 109 cm³/mol. The maximum Gasteiger partial charge on any atom is 0.330 e. The van der Waals surface area contributed by atoms with Crippen molar-refractivity contribution in [2.24, 2.45) is 0 Å². The zero-order chi connectivity index (χ0) is 22.6. The molecule has 0 aliphatic carbocycles. The molecule has 0 amide bonds. The number of methoxy groups -OCH3 is 3. The molecule has 12 heteroatoms. The first kappa shape index (κ1) is 24.9. The van der Waals surface area contributed by atoms with Gasteiger partial charge in [-0.25, -0.2) is 4.79 Å². The van der Waals surface area contributed by atoms with Gasteiger partial charge in [0.2, 0.25) is 0 Å². The van der Waals surface area contributed by atoms with Crippen LogP contribution < -0.4 is 11.2 Å². The molecule has 0 radical (unpaired) electrons. The van der Waals surface area contributed by atoms with Crippen molar-refractivity contribution >= 4 is 7.14 Å². The van der Waals surface area contributed by atoms with E-state index in [4.69, 9.17) is 23.7 Å². The molecule has 2 heterocycles. The van der Waals surface area contributed by atoms with E-state index >= 15 is 0 Å². The Balaban J connectivity index is 2.46. The summed E-state index contributed by atoms with van der Waals surface area (Å²) < 4.78 is 41.5. The van der Waals surface area contributed by atoms with Gasteiger partial charge in [-0.2, -0.15) is 0 Å². The van der Waals surface area contributed by atoms with Crippen LogP contribution in [0.5, 0.6) is 0 Å². The van der Waals surface area contributed by atoms with Gasteiger partial charge in [-0.15, -0.1) is 0 Å². The standard InChI is InChI=1S/C18H31N2O9P/c1-10-9-20(18(23)19-15(10)22)16-13(28-8-7-25-2)11(21)12(29-16)14(26-3)17(27-4)30(5,6)24/h9,11-14,16-17,21H,7-8H2,1-6H3,(H,19,22,23)/t11-,12+,13-,14+,16-,17+/m1/s1. The number of nitrogens with one attached hydrogen (secondary N) is 1. The summed E-state index contributed by atoms with van der Waals surface area (Å²) in [5, 5.41) is 11.0. The Morgan fingerprint density at radius 3 is 2.43 bits per heavy atom. The van der Waals surface area contributed by atoms with Crippen molar-refractivity contribution in [1.82, 2.24) is 9.55 Å². The maximum atomic E-state index is 12.7. The van der Waals surface area contributed by atoms with E-state index in [1.165, 1.54) is 27.5 Å². The second-order valence-electron chi connectivity index (χ2n) is 7.55. The number of H-pyrrole nitrogens is 1. The van der Waals surface area contributed by atoms with Crippen molar-refractivity contribution in [3.05, 3.63) is 32.6 Å². The van der Waals surface area contributed by atoms with E-state index in [1.807, 2.05) is 0 Å². The molecular formula is C18H31N2O9P. The molecule has 0 saturated carbocycles. The Labute approximate surface area is 174 Å². The van der Waals surface area contributed by atoms with E-state index in [2.05, 4.69) is 4.98 Å². The summed E-state index contributed by atoms with van der Waals surface area (Å²) in [6.07, 6.45) is -3.84. The average molecular weight is 450 g/mol. The Bertz CT molecular complexity index is 864. The summed E-state index contributed by atoms with van der Waals surface area (Å²) in [5.74, 6) is -0.852. The van der Waals surface area contributed by atoms with Crippen molar-refractivity contribution < 1.29 is 33.4 Å². The fourth-order valence-electron chi connectivity index (χ4n) is 3.55. The molecule has 1 aliphatic heterocycles. The molecule has 1 aliphatic rings. The van der Waals surface area contributed by atoms with E-state index in [0.717, 1.165) is 4.57 Å². The monoisotopic (exact) mass is 450 g/mol. The topological polar surface area (TPSA) is 138 Å². The Hall–Kier alpha value is -1.33. The van der Waals surface area contributed by atoms with Crippen molar-refractivity contribution in [3.8, 4) is 0 Å². The molecular weight excluding hydrogens is 419 g/mol. The highest BCUT2D eigenvalue weighted by molar-refractivity contribution is 7.62.